The molecule has 7 heteroatoms. The smallest absolute Gasteiger partial charge is 0.246 e. The molecule has 1 aromatic heterocycles. The van der Waals surface area contributed by atoms with Gasteiger partial charge in [0.15, 0.2) is 17.3 Å². The topological polar surface area (TPSA) is 86.5 Å². The Morgan fingerprint density at radius 1 is 1.21 bits per heavy atom. The summed E-state index contributed by atoms with van der Waals surface area (Å²) in [7, 11) is 1.61. The van der Waals surface area contributed by atoms with Crippen LogP contribution in [-0.2, 0) is 24.2 Å². The van der Waals surface area contributed by atoms with Gasteiger partial charge in [0.2, 0.25) is 11.8 Å². The standard InChI is InChI=1S/C21H21N3O4/c1-26-17-9-5-8-15-11-16(13-27-20(15)17)21(25)22-12-19-23-18(24-28-19)10-14-6-3-2-4-7-14/h2-9,16H,10-13H2,1H3,(H,22,25)/t16-/m0/s1. The first kappa shape index (κ1) is 18.0. The second-order valence-electron chi connectivity index (χ2n) is 6.65. The normalized spacial score (nSPS) is 15.4. The lowest BCUT2D eigenvalue weighted by Crippen LogP contribution is -2.37. The van der Waals surface area contributed by atoms with Crippen molar-refractivity contribution in [1.29, 1.82) is 0 Å². The number of para-hydroxylation sites is 1. The number of nitrogens with one attached hydrogen (secondary N) is 1. The van der Waals surface area contributed by atoms with Crippen LogP contribution in [0.1, 0.15) is 22.8 Å². The minimum atomic E-state index is -0.272. The van der Waals surface area contributed by atoms with Crippen LogP contribution in [0.3, 0.4) is 0 Å². The molecule has 7 nitrogen and oxygen atoms in total. The Morgan fingerprint density at radius 3 is 2.89 bits per heavy atom. The number of amides is 1. The molecule has 0 spiro atoms. The number of hydrogen-bond donors (Lipinski definition) is 1. The number of hydrogen-bond acceptors (Lipinski definition) is 6. The predicted octanol–water partition coefficient (Wildman–Crippen LogP) is 2.54. The maximum atomic E-state index is 12.5. The molecule has 1 atom stereocenters. The zero-order chi connectivity index (χ0) is 19.3. The molecule has 1 amide bonds. The largest absolute Gasteiger partial charge is 0.493 e. The maximum Gasteiger partial charge on any atom is 0.246 e. The van der Waals surface area contributed by atoms with Crippen LogP contribution < -0.4 is 14.8 Å². The van der Waals surface area contributed by atoms with Gasteiger partial charge in [-0.25, -0.2) is 0 Å². The molecule has 0 aliphatic carbocycles. The number of benzene rings is 2. The van der Waals surface area contributed by atoms with Crippen molar-refractivity contribution in [3.63, 3.8) is 0 Å². The first-order valence-corrected chi connectivity index (χ1v) is 9.14. The van der Waals surface area contributed by atoms with Crippen molar-refractivity contribution < 1.29 is 18.8 Å². The summed E-state index contributed by atoms with van der Waals surface area (Å²) < 4.78 is 16.3. The third-order valence-corrected chi connectivity index (χ3v) is 4.68. The number of methoxy groups -OCH3 is 1. The number of nitrogens with zero attached hydrogens (tertiary/aromatic N) is 2. The van der Waals surface area contributed by atoms with Crippen LogP contribution in [0.2, 0.25) is 0 Å². The molecule has 0 fully saturated rings. The summed E-state index contributed by atoms with van der Waals surface area (Å²) in [6, 6.07) is 15.6. The number of aromatic nitrogens is 2. The van der Waals surface area contributed by atoms with Crippen molar-refractivity contribution in [2.75, 3.05) is 13.7 Å². The van der Waals surface area contributed by atoms with Crippen molar-refractivity contribution in [3.8, 4) is 11.5 Å². The molecule has 0 bridgehead atoms. The summed E-state index contributed by atoms with van der Waals surface area (Å²) in [5.41, 5.74) is 2.07. The monoisotopic (exact) mass is 379 g/mol. The summed E-state index contributed by atoms with van der Waals surface area (Å²) in [6.07, 6.45) is 1.19. The molecule has 0 saturated heterocycles. The van der Waals surface area contributed by atoms with Crippen molar-refractivity contribution >= 4 is 5.91 Å². The highest BCUT2D eigenvalue weighted by Crippen LogP contribution is 2.36. The Kier molecular flexibility index (Phi) is 5.23. The third kappa shape index (κ3) is 3.98. The molecule has 2 aromatic carbocycles. The SMILES string of the molecule is COc1cccc2c1OC[C@@H](C(=O)NCc1nc(Cc3ccccc3)no1)C2. The van der Waals surface area contributed by atoms with E-state index >= 15 is 0 Å². The van der Waals surface area contributed by atoms with Crippen LogP contribution in [0.15, 0.2) is 53.1 Å². The van der Waals surface area contributed by atoms with Gasteiger partial charge < -0.3 is 19.3 Å². The lowest BCUT2D eigenvalue weighted by atomic mass is 9.95. The van der Waals surface area contributed by atoms with E-state index in [2.05, 4.69) is 15.5 Å². The van der Waals surface area contributed by atoms with E-state index in [4.69, 9.17) is 14.0 Å². The molecule has 0 saturated carbocycles. The molecule has 1 N–H and O–H groups in total. The van der Waals surface area contributed by atoms with Crippen LogP contribution in [0, 0.1) is 5.92 Å². The summed E-state index contributed by atoms with van der Waals surface area (Å²) in [5, 5.41) is 6.83. The number of carbonyl (C=O) groups is 1. The fourth-order valence-electron chi connectivity index (χ4n) is 3.24. The highest BCUT2D eigenvalue weighted by atomic mass is 16.5. The van der Waals surface area contributed by atoms with Crippen molar-refractivity contribution in [1.82, 2.24) is 15.5 Å². The Bertz CT molecular complexity index is 955. The first-order valence-electron chi connectivity index (χ1n) is 9.14. The zero-order valence-corrected chi connectivity index (χ0v) is 15.6. The molecule has 0 radical (unpaired) electrons. The first-order chi connectivity index (χ1) is 13.7. The minimum Gasteiger partial charge on any atom is -0.493 e. The molecule has 2 heterocycles. The van der Waals surface area contributed by atoms with Crippen LogP contribution >= 0.6 is 0 Å². The summed E-state index contributed by atoms with van der Waals surface area (Å²) in [5.74, 6) is 2.02. The Morgan fingerprint density at radius 2 is 2.07 bits per heavy atom. The Labute approximate surface area is 162 Å². The van der Waals surface area contributed by atoms with Gasteiger partial charge >= 0.3 is 0 Å². The van der Waals surface area contributed by atoms with Crippen LogP contribution in [0.4, 0.5) is 0 Å². The fourth-order valence-corrected chi connectivity index (χ4v) is 3.24. The number of carbonyl (C=O) groups excluding carboxylic acids is 1. The van der Waals surface area contributed by atoms with Crippen LogP contribution in [0.25, 0.3) is 0 Å². The van der Waals surface area contributed by atoms with E-state index in [0.717, 1.165) is 16.9 Å². The molecule has 144 valence electrons. The zero-order valence-electron chi connectivity index (χ0n) is 15.6. The number of fused-ring (bicyclic) bond motifs is 1. The lowest BCUT2D eigenvalue weighted by Gasteiger charge is -2.25. The molecule has 4 rings (SSSR count). The van der Waals surface area contributed by atoms with E-state index in [-0.39, 0.29) is 18.4 Å². The highest BCUT2D eigenvalue weighted by molar-refractivity contribution is 5.79. The quantitative estimate of drug-likeness (QED) is 0.708. The van der Waals surface area contributed by atoms with Crippen molar-refractivity contribution in [3.05, 3.63) is 71.4 Å². The van der Waals surface area contributed by atoms with Crippen molar-refractivity contribution in [2.45, 2.75) is 19.4 Å². The van der Waals surface area contributed by atoms with Gasteiger partial charge in [0.25, 0.3) is 0 Å². The van der Waals surface area contributed by atoms with Gasteiger partial charge in [-0.3, -0.25) is 4.79 Å². The molecule has 1 aliphatic rings. The van der Waals surface area contributed by atoms with Gasteiger partial charge in [-0.05, 0) is 23.6 Å². The average molecular weight is 379 g/mol. The second-order valence-corrected chi connectivity index (χ2v) is 6.65. The van der Waals surface area contributed by atoms with Gasteiger partial charge in [0.1, 0.15) is 6.61 Å². The van der Waals surface area contributed by atoms with Gasteiger partial charge in [-0.1, -0.05) is 47.6 Å². The van der Waals surface area contributed by atoms with E-state index in [1.165, 1.54) is 0 Å². The van der Waals surface area contributed by atoms with E-state index in [0.29, 0.717) is 36.9 Å². The third-order valence-electron chi connectivity index (χ3n) is 4.68. The maximum absolute atomic E-state index is 12.5. The Hall–Kier alpha value is -3.35. The van der Waals surface area contributed by atoms with E-state index in [1.54, 1.807) is 7.11 Å². The van der Waals surface area contributed by atoms with E-state index < -0.39 is 0 Å². The molecule has 1 aliphatic heterocycles. The van der Waals surface area contributed by atoms with Gasteiger partial charge in [-0.15, -0.1) is 0 Å². The highest BCUT2D eigenvalue weighted by Gasteiger charge is 2.28. The molecule has 28 heavy (non-hydrogen) atoms. The predicted molar refractivity (Wildman–Crippen MR) is 101 cm³/mol. The summed E-state index contributed by atoms with van der Waals surface area (Å²) in [4.78, 5) is 16.9. The average Bonchev–Trinajstić information content (AvgIpc) is 3.19. The number of ether oxygens (including phenoxy) is 2. The summed E-state index contributed by atoms with van der Waals surface area (Å²) >= 11 is 0. The Balaban J connectivity index is 1.32. The van der Waals surface area contributed by atoms with E-state index in [9.17, 15) is 4.79 Å². The van der Waals surface area contributed by atoms with Crippen LogP contribution in [-0.4, -0.2) is 29.8 Å². The van der Waals surface area contributed by atoms with E-state index in [1.807, 2.05) is 48.5 Å². The molecule has 3 aromatic rings. The van der Waals surface area contributed by atoms with Gasteiger partial charge in [-0.2, -0.15) is 4.98 Å². The minimum absolute atomic E-state index is 0.101. The molecular weight excluding hydrogens is 358 g/mol. The molecular formula is C21H21N3O4. The lowest BCUT2D eigenvalue weighted by molar-refractivity contribution is -0.126. The fraction of sp³-hybridized carbons (Fsp3) is 0.286. The van der Waals surface area contributed by atoms with Gasteiger partial charge in [0.05, 0.1) is 19.6 Å². The van der Waals surface area contributed by atoms with Crippen molar-refractivity contribution in [2.24, 2.45) is 5.92 Å². The van der Waals surface area contributed by atoms with Crippen LogP contribution in [0.5, 0.6) is 11.5 Å². The number of rotatable bonds is 6. The van der Waals surface area contributed by atoms with Gasteiger partial charge in [0, 0.05) is 6.42 Å². The second kappa shape index (κ2) is 8.12. The molecule has 0 unspecified atom stereocenters. The summed E-state index contributed by atoms with van der Waals surface area (Å²) in [6.45, 7) is 0.504.